The fourth-order valence-corrected chi connectivity index (χ4v) is 3.93. The fourth-order valence-electron chi connectivity index (χ4n) is 3.17. The van der Waals surface area contributed by atoms with E-state index in [1.54, 1.807) is 17.8 Å². The van der Waals surface area contributed by atoms with Crippen molar-refractivity contribution in [1.29, 1.82) is 0 Å². The lowest BCUT2D eigenvalue weighted by atomic mass is 10.1. The van der Waals surface area contributed by atoms with Gasteiger partial charge in [0.25, 0.3) is 0 Å². The molecule has 0 radical (unpaired) electrons. The second-order valence-electron chi connectivity index (χ2n) is 7.40. The highest BCUT2D eigenvalue weighted by atomic mass is 32.2. The Balaban J connectivity index is 1.60. The minimum atomic E-state index is -0.402. The molecule has 0 unspecified atom stereocenters. The zero-order valence-electron chi connectivity index (χ0n) is 19.0. The first-order valence-electron chi connectivity index (χ1n) is 10.5. The van der Waals surface area contributed by atoms with Crippen molar-refractivity contribution in [2.75, 3.05) is 18.2 Å². The van der Waals surface area contributed by atoms with Crippen molar-refractivity contribution >= 4 is 29.3 Å². The lowest BCUT2D eigenvalue weighted by Crippen LogP contribution is -2.30. The Morgan fingerprint density at radius 3 is 2.50 bits per heavy atom. The van der Waals surface area contributed by atoms with Crippen LogP contribution in [0.25, 0.3) is 0 Å². The Morgan fingerprint density at radius 1 is 1.15 bits per heavy atom. The maximum absolute atomic E-state index is 13.0. The van der Waals surface area contributed by atoms with Crippen LogP contribution in [0.1, 0.15) is 24.4 Å². The van der Waals surface area contributed by atoms with Gasteiger partial charge in [0.2, 0.25) is 11.8 Å². The number of ether oxygens (including phenoxy) is 1. The molecular formula is C24H26FN5O3S. The maximum Gasteiger partial charge on any atom is 0.234 e. The summed E-state index contributed by atoms with van der Waals surface area (Å²) in [5.41, 5.74) is 1.37. The lowest BCUT2D eigenvalue weighted by molar-refractivity contribution is -0.121. The van der Waals surface area contributed by atoms with E-state index in [4.69, 9.17) is 4.74 Å². The standard InChI is InChI=1S/C24H26FN5O3S/c1-4-13-30-23(16(2)26-21(31)14-17-5-11-20(33-3)12-6-17)28-29-24(30)34-15-22(32)27-19-9-7-18(25)8-10-19/h4-12,16H,1,13-15H2,2-3H3,(H,26,31)(H,27,32)/t16-/m1/s1. The third-order valence-corrected chi connectivity index (χ3v) is 5.77. The smallest absolute Gasteiger partial charge is 0.234 e. The quantitative estimate of drug-likeness (QED) is 0.318. The van der Waals surface area contributed by atoms with Gasteiger partial charge in [0.15, 0.2) is 11.0 Å². The Bertz CT molecular complexity index is 1130. The van der Waals surface area contributed by atoms with Crippen LogP contribution in [0, 0.1) is 5.82 Å². The fraction of sp³-hybridized carbons (Fsp3) is 0.250. The number of rotatable bonds is 11. The molecule has 0 bridgehead atoms. The number of thioether (sulfide) groups is 1. The van der Waals surface area contributed by atoms with Crippen LogP contribution in [0.2, 0.25) is 0 Å². The molecule has 3 aromatic rings. The van der Waals surface area contributed by atoms with E-state index in [1.165, 1.54) is 36.0 Å². The van der Waals surface area contributed by atoms with Gasteiger partial charge in [0.1, 0.15) is 11.6 Å². The number of anilines is 1. The molecule has 0 saturated carbocycles. The van der Waals surface area contributed by atoms with Crippen LogP contribution in [0.5, 0.6) is 5.75 Å². The van der Waals surface area contributed by atoms with Crippen molar-refractivity contribution in [3.63, 3.8) is 0 Å². The largest absolute Gasteiger partial charge is 0.497 e. The molecule has 0 fully saturated rings. The number of amides is 2. The summed E-state index contributed by atoms with van der Waals surface area (Å²) in [6.45, 7) is 6.02. The van der Waals surface area contributed by atoms with Crippen molar-refractivity contribution < 1.29 is 18.7 Å². The summed E-state index contributed by atoms with van der Waals surface area (Å²) in [4.78, 5) is 24.8. The zero-order chi connectivity index (χ0) is 24.5. The second-order valence-corrected chi connectivity index (χ2v) is 8.34. The molecule has 3 rings (SSSR count). The van der Waals surface area contributed by atoms with Gasteiger partial charge in [-0.25, -0.2) is 4.39 Å². The van der Waals surface area contributed by atoms with Gasteiger partial charge in [-0.1, -0.05) is 30.0 Å². The first-order chi connectivity index (χ1) is 16.4. The van der Waals surface area contributed by atoms with E-state index >= 15 is 0 Å². The van der Waals surface area contributed by atoms with Crippen molar-refractivity contribution in [1.82, 2.24) is 20.1 Å². The first-order valence-corrected chi connectivity index (χ1v) is 11.5. The summed E-state index contributed by atoms with van der Waals surface area (Å²) in [5.74, 6) is 0.592. The van der Waals surface area contributed by atoms with Crippen molar-refractivity contribution in [2.24, 2.45) is 0 Å². The van der Waals surface area contributed by atoms with Gasteiger partial charge in [-0.2, -0.15) is 0 Å². The molecule has 2 amide bonds. The molecule has 10 heteroatoms. The molecule has 178 valence electrons. The second kappa shape index (κ2) is 12.0. The average Bonchev–Trinajstić information content (AvgIpc) is 3.22. The van der Waals surface area contributed by atoms with Gasteiger partial charge in [-0.05, 0) is 48.9 Å². The molecule has 0 spiro atoms. The number of aromatic nitrogens is 3. The van der Waals surface area contributed by atoms with E-state index < -0.39 is 6.04 Å². The van der Waals surface area contributed by atoms with Crippen LogP contribution in [0.4, 0.5) is 10.1 Å². The Hall–Kier alpha value is -3.66. The Labute approximate surface area is 201 Å². The molecule has 1 heterocycles. The highest BCUT2D eigenvalue weighted by Crippen LogP contribution is 2.21. The molecule has 1 aromatic heterocycles. The number of nitrogens with zero attached hydrogens (tertiary/aromatic N) is 3. The predicted octanol–water partition coefficient (Wildman–Crippen LogP) is 3.76. The number of hydrogen-bond donors (Lipinski definition) is 2. The van der Waals surface area contributed by atoms with Crippen LogP contribution in [0.3, 0.4) is 0 Å². The van der Waals surface area contributed by atoms with Crippen LogP contribution in [0.15, 0.2) is 66.3 Å². The van der Waals surface area contributed by atoms with Gasteiger partial charge in [0.05, 0.1) is 25.3 Å². The van der Waals surface area contributed by atoms with E-state index in [9.17, 15) is 14.0 Å². The molecule has 0 aliphatic rings. The van der Waals surface area contributed by atoms with Crippen LogP contribution in [-0.4, -0.2) is 39.4 Å². The molecule has 34 heavy (non-hydrogen) atoms. The van der Waals surface area contributed by atoms with Crippen LogP contribution < -0.4 is 15.4 Å². The molecule has 1 atom stereocenters. The van der Waals surface area contributed by atoms with E-state index in [0.717, 1.165) is 11.3 Å². The molecular weight excluding hydrogens is 457 g/mol. The van der Waals surface area contributed by atoms with Gasteiger partial charge in [-0.3, -0.25) is 9.59 Å². The average molecular weight is 484 g/mol. The molecule has 2 N–H and O–H groups in total. The third-order valence-electron chi connectivity index (χ3n) is 4.81. The SMILES string of the molecule is C=CCn1c(SCC(=O)Nc2ccc(F)cc2)nnc1[C@@H](C)NC(=O)Cc1ccc(OC)cc1. The minimum absolute atomic E-state index is 0.0882. The van der Waals surface area contributed by atoms with Gasteiger partial charge in [-0.15, -0.1) is 16.8 Å². The van der Waals surface area contributed by atoms with Crippen molar-refractivity contribution in [2.45, 2.75) is 31.1 Å². The molecule has 2 aromatic carbocycles. The number of carbonyl (C=O) groups excluding carboxylic acids is 2. The topological polar surface area (TPSA) is 98.1 Å². The molecule has 0 saturated heterocycles. The number of carbonyl (C=O) groups is 2. The highest BCUT2D eigenvalue weighted by Gasteiger charge is 2.20. The zero-order valence-corrected chi connectivity index (χ0v) is 19.8. The summed E-state index contributed by atoms with van der Waals surface area (Å²) < 4.78 is 20.0. The minimum Gasteiger partial charge on any atom is -0.497 e. The number of allylic oxidation sites excluding steroid dienone is 1. The summed E-state index contributed by atoms with van der Waals surface area (Å²) in [6, 6.07) is 12.4. The number of benzene rings is 2. The Kier molecular flexibility index (Phi) is 8.80. The third kappa shape index (κ3) is 6.92. The first kappa shape index (κ1) is 25.0. The van der Waals surface area contributed by atoms with E-state index in [2.05, 4.69) is 27.4 Å². The Morgan fingerprint density at radius 2 is 1.85 bits per heavy atom. The number of methoxy groups -OCH3 is 1. The van der Waals surface area contributed by atoms with Gasteiger partial charge < -0.3 is 19.9 Å². The van der Waals surface area contributed by atoms with Gasteiger partial charge >= 0.3 is 0 Å². The van der Waals surface area contributed by atoms with Crippen LogP contribution >= 0.6 is 11.8 Å². The molecule has 0 aliphatic carbocycles. The molecule has 0 aliphatic heterocycles. The van der Waals surface area contributed by atoms with Gasteiger partial charge in [0, 0.05) is 12.2 Å². The number of hydrogen-bond acceptors (Lipinski definition) is 6. The highest BCUT2D eigenvalue weighted by molar-refractivity contribution is 7.99. The molecule has 8 nitrogen and oxygen atoms in total. The van der Waals surface area contributed by atoms with Crippen molar-refractivity contribution in [3.8, 4) is 5.75 Å². The normalized spacial score (nSPS) is 11.5. The summed E-state index contributed by atoms with van der Waals surface area (Å²) in [6.07, 6.45) is 1.91. The number of halogens is 1. The summed E-state index contributed by atoms with van der Waals surface area (Å²) in [7, 11) is 1.59. The van der Waals surface area contributed by atoms with E-state index in [1.807, 2.05) is 31.2 Å². The van der Waals surface area contributed by atoms with Crippen molar-refractivity contribution in [3.05, 3.63) is 78.4 Å². The summed E-state index contributed by atoms with van der Waals surface area (Å²) >= 11 is 1.21. The lowest BCUT2D eigenvalue weighted by Gasteiger charge is -2.15. The predicted molar refractivity (Wildman–Crippen MR) is 129 cm³/mol. The number of nitrogens with one attached hydrogen (secondary N) is 2. The maximum atomic E-state index is 13.0. The van der Waals surface area contributed by atoms with Crippen LogP contribution in [-0.2, 0) is 22.6 Å². The summed E-state index contributed by atoms with van der Waals surface area (Å²) in [5, 5.41) is 14.6. The van der Waals surface area contributed by atoms with E-state index in [0.29, 0.717) is 23.2 Å². The van der Waals surface area contributed by atoms with E-state index in [-0.39, 0.29) is 29.8 Å². The monoisotopic (exact) mass is 483 g/mol.